The molecule has 0 amide bonds. The Balaban J connectivity index is 2.26. The summed E-state index contributed by atoms with van der Waals surface area (Å²) in [4.78, 5) is 2.67. The molecule has 2 rings (SSSR count). The second-order valence-electron chi connectivity index (χ2n) is 4.67. The maximum atomic E-state index is 14.1. The second-order valence-corrected chi connectivity index (χ2v) is 6.78. The second kappa shape index (κ2) is 7.34. The van der Waals surface area contributed by atoms with Gasteiger partial charge in [-0.25, -0.2) is 4.39 Å². The summed E-state index contributed by atoms with van der Waals surface area (Å²) >= 11 is 5.29. The van der Waals surface area contributed by atoms with E-state index in [9.17, 15) is 4.39 Å². The van der Waals surface area contributed by atoms with Crippen molar-refractivity contribution in [2.24, 2.45) is 0 Å². The summed E-state index contributed by atoms with van der Waals surface area (Å²) in [5.74, 6) is -0.155. The predicted octanol–water partition coefficient (Wildman–Crippen LogP) is 5.11. The van der Waals surface area contributed by atoms with Crippen LogP contribution >= 0.6 is 27.3 Å². The van der Waals surface area contributed by atoms with Gasteiger partial charge in [0.1, 0.15) is 5.82 Å². The van der Waals surface area contributed by atoms with Crippen LogP contribution in [0.15, 0.2) is 34.8 Å². The van der Waals surface area contributed by atoms with Crippen molar-refractivity contribution in [2.45, 2.75) is 32.7 Å². The molecule has 1 N–H and O–H groups in total. The zero-order valence-corrected chi connectivity index (χ0v) is 14.2. The van der Waals surface area contributed by atoms with Gasteiger partial charge in [-0.1, -0.05) is 35.8 Å². The standard InChI is InChI=1S/C16H19BrFNS/c1-3-11-8-9-12(20-11)10-15(19-4-2)16-13(17)6-5-7-14(16)18/h5-9,15,19H,3-4,10H2,1-2H3. The monoisotopic (exact) mass is 355 g/mol. The Hall–Kier alpha value is -0.710. The Bertz CT molecular complexity index is 547. The lowest BCUT2D eigenvalue weighted by Crippen LogP contribution is -2.24. The number of thiophene rings is 1. The van der Waals surface area contributed by atoms with Gasteiger partial charge in [0.05, 0.1) is 0 Å². The smallest absolute Gasteiger partial charge is 0.129 e. The number of rotatable bonds is 6. The third-order valence-electron chi connectivity index (χ3n) is 3.27. The number of benzene rings is 1. The molecule has 0 aliphatic rings. The quantitative estimate of drug-likeness (QED) is 0.759. The first-order chi connectivity index (χ1) is 9.65. The lowest BCUT2D eigenvalue weighted by molar-refractivity contribution is 0.510. The molecule has 20 heavy (non-hydrogen) atoms. The molecule has 108 valence electrons. The molecule has 1 unspecified atom stereocenters. The topological polar surface area (TPSA) is 12.0 Å². The average molecular weight is 356 g/mol. The highest BCUT2D eigenvalue weighted by Gasteiger charge is 2.19. The number of likely N-dealkylation sites (N-methyl/N-ethyl adjacent to an activating group) is 1. The highest BCUT2D eigenvalue weighted by atomic mass is 79.9. The molecule has 0 saturated carbocycles. The minimum Gasteiger partial charge on any atom is -0.310 e. The van der Waals surface area contributed by atoms with Gasteiger partial charge in [0.15, 0.2) is 0 Å². The molecule has 0 radical (unpaired) electrons. The van der Waals surface area contributed by atoms with Gasteiger partial charge in [-0.15, -0.1) is 11.3 Å². The van der Waals surface area contributed by atoms with Gasteiger partial charge in [-0.2, -0.15) is 0 Å². The van der Waals surface area contributed by atoms with Gasteiger partial charge in [0, 0.05) is 32.3 Å². The van der Waals surface area contributed by atoms with E-state index in [2.05, 4.69) is 40.3 Å². The summed E-state index contributed by atoms with van der Waals surface area (Å²) in [5, 5.41) is 3.39. The van der Waals surface area contributed by atoms with Gasteiger partial charge < -0.3 is 5.32 Å². The molecule has 2 aromatic rings. The fourth-order valence-corrected chi connectivity index (χ4v) is 3.91. The Morgan fingerprint density at radius 1 is 1.20 bits per heavy atom. The van der Waals surface area contributed by atoms with Crippen LogP contribution in [0.1, 0.15) is 35.2 Å². The number of aryl methyl sites for hydroxylation is 1. The molecule has 1 nitrogen and oxygen atoms in total. The maximum absolute atomic E-state index is 14.1. The largest absolute Gasteiger partial charge is 0.310 e. The van der Waals surface area contributed by atoms with Gasteiger partial charge >= 0.3 is 0 Å². The van der Waals surface area contributed by atoms with Crippen molar-refractivity contribution >= 4 is 27.3 Å². The van der Waals surface area contributed by atoms with Crippen molar-refractivity contribution in [3.63, 3.8) is 0 Å². The molecule has 1 atom stereocenters. The lowest BCUT2D eigenvalue weighted by Gasteiger charge is -2.19. The van der Waals surface area contributed by atoms with Crippen LogP contribution in [0.4, 0.5) is 4.39 Å². The summed E-state index contributed by atoms with van der Waals surface area (Å²) in [7, 11) is 0. The molecule has 4 heteroatoms. The van der Waals surface area contributed by atoms with E-state index in [4.69, 9.17) is 0 Å². The van der Waals surface area contributed by atoms with E-state index in [-0.39, 0.29) is 11.9 Å². The molecule has 0 aliphatic heterocycles. The molecule has 0 fully saturated rings. The van der Waals surface area contributed by atoms with Gasteiger partial charge in [-0.3, -0.25) is 0 Å². The third-order valence-corrected chi connectivity index (χ3v) is 5.21. The first kappa shape index (κ1) is 15.7. The van der Waals surface area contributed by atoms with E-state index in [1.165, 1.54) is 15.8 Å². The number of hydrogen-bond donors (Lipinski definition) is 1. The van der Waals surface area contributed by atoms with E-state index in [0.717, 1.165) is 29.4 Å². The van der Waals surface area contributed by atoms with Crippen LogP contribution in [0.3, 0.4) is 0 Å². The van der Waals surface area contributed by atoms with Crippen LogP contribution in [0.2, 0.25) is 0 Å². The fourth-order valence-electron chi connectivity index (χ4n) is 2.29. The lowest BCUT2D eigenvalue weighted by atomic mass is 10.0. The van der Waals surface area contributed by atoms with Crippen LogP contribution < -0.4 is 5.32 Å². The maximum Gasteiger partial charge on any atom is 0.129 e. The minimum atomic E-state index is -0.155. The normalized spacial score (nSPS) is 12.6. The van der Waals surface area contributed by atoms with Crippen LogP contribution in [0, 0.1) is 5.82 Å². The molecule has 0 spiro atoms. The van der Waals surface area contributed by atoms with Crippen molar-refractivity contribution in [2.75, 3.05) is 6.54 Å². The van der Waals surface area contributed by atoms with Crippen LogP contribution in [-0.4, -0.2) is 6.54 Å². The molecule has 1 aromatic carbocycles. The summed E-state index contributed by atoms with van der Waals surface area (Å²) in [6.45, 7) is 5.02. The Kier molecular flexibility index (Phi) is 5.75. The average Bonchev–Trinajstić information content (AvgIpc) is 2.86. The van der Waals surface area contributed by atoms with Crippen molar-refractivity contribution in [1.29, 1.82) is 0 Å². The Morgan fingerprint density at radius 2 is 1.95 bits per heavy atom. The van der Waals surface area contributed by atoms with Crippen molar-refractivity contribution in [3.05, 3.63) is 55.9 Å². The van der Waals surface area contributed by atoms with E-state index in [1.807, 2.05) is 24.3 Å². The molecule has 0 aliphatic carbocycles. The summed E-state index contributed by atoms with van der Waals surface area (Å²) < 4.78 is 15.0. The van der Waals surface area contributed by atoms with E-state index >= 15 is 0 Å². The van der Waals surface area contributed by atoms with Crippen molar-refractivity contribution < 1.29 is 4.39 Å². The SMILES string of the molecule is CCNC(Cc1ccc(CC)s1)c1c(F)cccc1Br. The zero-order chi connectivity index (χ0) is 14.5. The van der Waals surface area contributed by atoms with Crippen molar-refractivity contribution in [1.82, 2.24) is 5.32 Å². The van der Waals surface area contributed by atoms with Crippen LogP contribution in [-0.2, 0) is 12.8 Å². The zero-order valence-electron chi connectivity index (χ0n) is 11.7. The Labute approximate surface area is 132 Å². The predicted molar refractivity (Wildman–Crippen MR) is 87.9 cm³/mol. The molecule has 1 heterocycles. The van der Waals surface area contributed by atoms with Crippen molar-refractivity contribution in [3.8, 4) is 0 Å². The third kappa shape index (κ3) is 3.68. The van der Waals surface area contributed by atoms with Gasteiger partial charge in [0.25, 0.3) is 0 Å². The van der Waals surface area contributed by atoms with E-state index in [0.29, 0.717) is 0 Å². The fraction of sp³-hybridized carbons (Fsp3) is 0.375. The first-order valence-electron chi connectivity index (χ1n) is 6.90. The number of halogens is 2. The summed E-state index contributed by atoms with van der Waals surface area (Å²) in [5.41, 5.74) is 0.723. The Morgan fingerprint density at radius 3 is 2.55 bits per heavy atom. The number of nitrogens with one attached hydrogen (secondary N) is 1. The highest BCUT2D eigenvalue weighted by molar-refractivity contribution is 9.10. The molecular formula is C16H19BrFNS. The molecular weight excluding hydrogens is 337 g/mol. The first-order valence-corrected chi connectivity index (χ1v) is 8.51. The molecule has 0 saturated heterocycles. The summed E-state index contributed by atoms with van der Waals surface area (Å²) in [6, 6.07) is 9.47. The molecule has 1 aromatic heterocycles. The minimum absolute atomic E-state index is 0.000990. The van der Waals surface area contributed by atoms with Gasteiger partial charge in [-0.05, 0) is 37.2 Å². The highest BCUT2D eigenvalue weighted by Crippen LogP contribution is 2.30. The van der Waals surface area contributed by atoms with E-state index in [1.54, 1.807) is 6.07 Å². The number of hydrogen-bond acceptors (Lipinski definition) is 2. The van der Waals surface area contributed by atoms with E-state index < -0.39 is 0 Å². The molecule has 0 bridgehead atoms. The summed E-state index contributed by atoms with van der Waals surface area (Å²) in [6.07, 6.45) is 1.87. The van der Waals surface area contributed by atoms with Crippen LogP contribution in [0.5, 0.6) is 0 Å². The van der Waals surface area contributed by atoms with Gasteiger partial charge in [0.2, 0.25) is 0 Å². The van der Waals surface area contributed by atoms with Crippen LogP contribution in [0.25, 0.3) is 0 Å².